The molecule has 0 aromatic heterocycles. The number of nitrogens with zero attached hydrogens (tertiary/aromatic N) is 2. The number of nitrogen functional groups attached to an aromatic ring is 1. The molecule has 2 aliphatic heterocycles. The Morgan fingerprint density at radius 1 is 1.28 bits per heavy atom. The van der Waals surface area contributed by atoms with Crippen LogP contribution < -0.4 is 16.0 Å². The van der Waals surface area contributed by atoms with Gasteiger partial charge in [-0.3, -0.25) is 14.5 Å². The molecule has 2 fully saturated rings. The number of hydrogen-bond acceptors (Lipinski definition) is 4. The van der Waals surface area contributed by atoms with Crippen molar-refractivity contribution >= 4 is 41.6 Å². The van der Waals surface area contributed by atoms with E-state index in [1.807, 2.05) is 18.2 Å². The highest BCUT2D eigenvalue weighted by atomic mass is 35.5. The van der Waals surface area contributed by atoms with Crippen LogP contribution in [0, 0.1) is 5.92 Å². The molecule has 1 saturated heterocycles. The molecule has 1 aliphatic carbocycles. The summed E-state index contributed by atoms with van der Waals surface area (Å²) >= 11 is 0. The van der Waals surface area contributed by atoms with E-state index in [1.54, 1.807) is 4.90 Å². The van der Waals surface area contributed by atoms with Crippen LogP contribution in [0.25, 0.3) is 0 Å². The third-order valence-corrected chi connectivity index (χ3v) is 6.66. The lowest BCUT2D eigenvalue weighted by molar-refractivity contribution is -0.135. The van der Waals surface area contributed by atoms with Gasteiger partial charge in [0, 0.05) is 17.9 Å². The van der Waals surface area contributed by atoms with Gasteiger partial charge >= 0.3 is 6.03 Å². The Morgan fingerprint density at radius 2 is 2.00 bits per heavy atom. The van der Waals surface area contributed by atoms with Crippen molar-refractivity contribution in [3.8, 4) is 0 Å². The summed E-state index contributed by atoms with van der Waals surface area (Å²) in [6.07, 6.45) is 5.92. The highest BCUT2D eigenvalue weighted by Crippen LogP contribution is 2.38. The van der Waals surface area contributed by atoms with Gasteiger partial charge in [-0.05, 0) is 62.1 Å². The summed E-state index contributed by atoms with van der Waals surface area (Å²) in [5.74, 6) is 0.126. The minimum Gasteiger partial charge on any atom is -0.398 e. The smallest absolute Gasteiger partial charge is 0.325 e. The largest absolute Gasteiger partial charge is 0.398 e. The number of urea groups is 1. The van der Waals surface area contributed by atoms with Crippen molar-refractivity contribution in [1.29, 1.82) is 0 Å². The number of fused-ring (bicyclic) bond motifs is 1. The number of carbonyl (C=O) groups is 3. The number of imide groups is 1. The maximum Gasteiger partial charge on any atom is 0.325 e. The Labute approximate surface area is 177 Å². The molecule has 1 aromatic rings. The van der Waals surface area contributed by atoms with Crippen LogP contribution in [-0.4, -0.2) is 41.4 Å². The Kier molecular flexibility index (Phi) is 6.08. The van der Waals surface area contributed by atoms with E-state index < -0.39 is 11.6 Å². The van der Waals surface area contributed by atoms with Gasteiger partial charge in [-0.25, -0.2) is 4.79 Å². The Morgan fingerprint density at radius 3 is 2.69 bits per heavy atom. The molecule has 4 rings (SSSR count). The van der Waals surface area contributed by atoms with Crippen molar-refractivity contribution in [2.75, 3.05) is 23.7 Å². The fraction of sp³-hybridized carbons (Fsp3) is 0.571. The van der Waals surface area contributed by atoms with E-state index in [0.29, 0.717) is 31.0 Å². The lowest BCUT2D eigenvalue weighted by Gasteiger charge is -2.35. The molecule has 0 atom stereocenters. The molecule has 1 aromatic carbocycles. The van der Waals surface area contributed by atoms with Crippen LogP contribution in [0.5, 0.6) is 0 Å². The molecule has 0 unspecified atom stereocenters. The Balaban J connectivity index is 0.00000240. The SMILES string of the molecule is CCC1CCC2(CC1)NC(=O)N(CC(=O)N1CCCc3c(N)cccc31)C2=O.Cl. The van der Waals surface area contributed by atoms with Gasteiger partial charge in [0.05, 0.1) is 0 Å². The van der Waals surface area contributed by atoms with Crippen LogP contribution >= 0.6 is 12.4 Å². The van der Waals surface area contributed by atoms with Crippen molar-refractivity contribution in [3.63, 3.8) is 0 Å². The van der Waals surface area contributed by atoms with E-state index in [0.717, 1.165) is 48.3 Å². The van der Waals surface area contributed by atoms with E-state index in [2.05, 4.69) is 12.2 Å². The van der Waals surface area contributed by atoms with Crippen LogP contribution in [-0.2, 0) is 16.0 Å². The molecule has 0 bridgehead atoms. The molecule has 7 nitrogen and oxygen atoms in total. The predicted molar refractivity (Wildman–Crippen MR) is 114 cm³/mol. The summed E-state index contributed by atoms with van der Waals surface area (Å²) in [6.45, 7) is 2.51. The minimum absolute atomic E-state index is 0. The third kappa shape index (κ3) is 3.68. The van der Waals surface area contributed by atoms with Crippen LogP contribution in [0.3, 0.4) is 0 Å². The highest BCUT2D eigenvalue weighted by Gasteiger charge is 2.52. The number of anilines is 2. The molecular weight excluding hydrogens is 392 g/mol. The predicted octanol–water partition coefficient (Wildman–Crippen LogP) is 2.86. The summed E-state index contributed by atoms with van der Waals surface area (Å²) in [6, 6.07) is 5.09. The van der Waals surface area contributed by atoms with Gasteiger partial charge in [-0.15, -0.1) is 12.4 Å². The molecule has 8 heteroatoms. The van der Waals surface area contributed by atoms with Crippen molar-refractivity contribution in [1.82, 2.24) is 10.2 Å². The molecule has 29 heavy (non-hydrogen) atoms. The van der Waals surface area contributed by atoms with Gasteiger partial charge in [0.15, 0.2) is 0 Å². The van der Waals surface area contributed by atoms with Gasteiger partial charge in [-0.1, -0.05) is 19.4 Å². The standard InChI is InChI=1S/C21H28N4O3.ClH/c1-2-14-8-10-21(11-9-14)19(27)25(20(28)23-21)13-18(26)24-12-4-5-15-16(22)6-3-7-17(15)24;/h3,6-7,14H,2,4-5,8-13,22H2,1H3,(H,23,28);1H. The van der Waals surface area contributed by atoms with Crippen LogP contribution in [0.15, 0.2) is 18.2 Å². The average molecular weight is 421 g/mol. The van der Waals surface area contributed by atoms with Crippen LogP contribution in [0.2, 0.25) is 0 Å². The zero-order valence-corrected chi connectivity index (χ0v) is 17.6. The lowest BCUT2D eigenvalue weighted by Crippen LogP contribution is -2.50. The number of hydrogen-bond donors (Lipinski definition) is 2. The number of carbonyl (C=O) groups excluding carboxylic acids is 3. The third-order valence-electron chi connectivity index (χ3n) is 6.66. The fourth-order valence-corrected chi connectivity index (χ4v) is 4.87. The maximum atomic E-state index is 13.1. The van der Waals surface area contributed by atoms with Gasteiger partial charge in [-0.2, -0.15) is 0 Å². The second-order valence-corrected chi connectivity index (χ2v) is 8.25. The molecule has 158 valence electrons. The van der Waals surface area contributed by atoms with Gasteiger partial charge < -0.3 is 16.0 Å². The van der Waals surface area contributed by atoms with E-state index in [4.69, 9.17) is 5.73 Å². The quantitative estimate of drug-likeness (QED) is 0.580. The van der Waals surface area contributed by atoms with Crippen LogP contribution in [0.4, 0.5) is 16.2 Å². The van der Waals surface area contributed by atoms with E-state index in [1.165, 1.54) is 0 Å². The number of nitrogens with one attached hydrogen (secondary N) is 1. The first-order valence-corrected chi connectivity index (χ1v) is 10.3. The molecule has 1 saturated carbocycles. The molecule has 3 aliphatic rings. The molecule has 1 spiro atoms. The zero-order valence-electron chi connectivity index (χ0n) is 16.8. The lowest BCUT2D eigenvalue weighted by atomic mass is 9.75. The zero-order chi connectivity index (χ0) is 19.9. The normalized spacial score (nSPS) is 26.2. The van der Waals surface area contributed by atoms with Gasteiger partial charge in [0.25, 0.3) is 5.91 Å². The van der Waals surface area contributed by atoms with Gasteiger partial charge in [0.2, 0.25) is 5.91 Å². The molecule has 2 heterocycles. The molecule has 0 radical (unpaired) electrons. The number of nitrogens with two attached hydrogens (primary N) is 1. The molecule has 4 amide bonds. The average Bonchev–Trinajstić information content (AvgIpc) is 2.92. The topological polar surface area (TPSA) is 95.7 Å². The number of amides is 4. The summed E-state index contributed by atoms with van der Waals surface area (Å²) in [7, 11) is 0. The first-order chi connectivity index (χ1) is 13.4. The monoisotopic (exact) mass is 420 g/mol. The van der Waals surface area contributed by atoms with Crippen molar-refractivity contribution < 1.29 is 14.4 Å². The second kappa shape index (κ2) is 8.22. The highest BCUT2D eigenvalue weighted by molar-refractivity contribution is 6.10. The Bertz CT molecular complexity index is 820. The maximum absolute atomic E-state index is 13.1. The second-order valence-electron chi connectivity index (χ2n) is 8.25. The number of rotatable bonds is 3. The molecule has 3 N–H and O–H groups in total. The summed E-state index contributed by atoms with van der Waals surface area (Å²) in [5, 5.41) is 2.90. The number of benzene rings is 1. The summed E-state index contributed by atoms with van der Waals surface area (Å²) in [5.41, 5.74) is 7.69. The summed E-state index contributed by atoms with van der Waals surface area (Å²) in [4.78, 5) is 41.4. The van der Waals surface area contributed by atoms with E-state index >= 15 is 0 Å². The Hall–Kier alpha value is -2.28. The minimum atomic E-state index is -0.812. The van der Waals surface area contributed by atoms with E-state index in [9.17, 15) is 14.4 Å². The number of halogens is 1. The molecular formula is C21H29ClN4O3. The van der Waals surface area contributed by atoms with Crippen molar-refractivity contribution in [2.24, 2.45) is 5.92 Å². The van der Waals surface area contributed by atoms with Gasteiger partial charge in [0.1, 0.15) is 12.1 Å². The van der Waals surface area contributed by atoms with Crippen molar-refractivity contribution in [2.45, 2.75) is 57.4 Å². The van der Waals surface area contributed by atoms with E-state index in [-0.39, 0.29) is 30.8 Å². The summed E-state index contributed by atoms with van der Waals surface area (Å²) < 4.78 is 0. The first kappa shape index (κ1) is 21.4. The fourth-order valence-electron chi connectivity index (χ4n) is 4.87. The first-order valence-electron chi connectivity index (χ1n) is 10.3. The van der Waals surface area contributed by atoms with Crippen molar-refractivity contribution in [3.05, 3.63) is 23.8 Å². The van der Waals surface area contributed by atoms with Crippen LogP contribution in [0.1, 0.15) is 51.0 Å².